The Morgan fingerprint density at radius 3 is 2.03 bits per heavy atom. The standard InChI is InChI=1S/C26H30N2O4/c1-30-18-19-32-25-13-9-22(10-14-25)27-20-26(29)28-23-11-15-24(16-12-23)31-17-5-8-21-6-3-2-4-7-21/h2-4,6-7,9-16,27H,5,8,17-20H2,1H3,(H,28,29). The number of aryl methyl sites for hydroxylation is 1. The van der Waals surface area contributed by atoms with Crippen molar-refractivity contribution in [1.82, 2.24) is 0 Å². The molecule has 0 aliphatic rings. The van der Waals surface area contributed by atoms with Crippen molar-refractivity contribution in [3.05, 3.63) is 84.4 Å². The molecule has 0 fully saturated rings. The zero-order chi connectivity index (χ0) is 22.4. The summed E-state index contributed by atoms with van der Waals surface area (Å²) in [5.74, 6) is 1.43. The fourth-order valence-electron chi connectivity index (χ4n) is 3.04. The molecule has 0 aromatic heterocycles. The van der Waals surface area contributed by atoms with Gasteiger partial charge in [0.2, 0.25) is 5.91 Å². The molecular formula is C26H30N2O4. The van der Waals surface area contributed by atoms with Crippen LogP contribution < -0.4 is 20.1 Å². The van der Waals surface area contributed by atoms with Crippen molar-refractivity contribution in [2.24, 2.45) is 0 Å². The number of hydrogen-bond acceptors (Lipinski definition) is 5. The number of rotatable bonds is 13. The van der Waals surface area contributed by atoms with Crippen molar-refractivity contribution in [2.45, 2.75) is 12.8 Å². The van der Waals surface area contributed by atoms with E-state index in [9.17, 15) is 4.79 Å². The Morgan fingerprint density at radius 2 is 1.38 bits per heavy atom. The van der Waals surface area contributed by atoms with Gasteiger partial charge < -0.3 is 24.8 Å². The summed E-state index contributed by atoms with van der Waals surface area (Å²) in [4.78, 5) is 12.2. The summed E-state index contributed by atoms with van der Waals surface area (Å²) in [6.45, 7) is 1.87. The van der Waals surface area contributed by atoms with E-state index in [1.54, 1.807) is 7.11 Å². The molecule has 0 atom stereocenters. The van der Waals surface area contributed by atoms with Crippen molar-refractivity contribution in [1.29, 1.82) is 0 Å². The van der Waals surface area contributed by atoms with Crippen LogP contribution in [0.25, 0.3) is 0 Å². The molecule has 3 aromatic carbocycles. The van der Waals surface area contributed by atoms with Crippen LogP contribution in [0.15, 0.2) is 78.9 Å². The van der Waals surface area contributed by atoms with Crippen molar-refractivity contribution in [3.8, 4) is 11.5 Å². The molecule has 0 saturated heterocycles. The van der Waals surface area contributed by atoms with E-state index in [-0.39, 0.29) is 12.5 Å². The minimum Gasteiger partial charge on any atom is -0.494 e. The van der Waals surface area contributed by atoms with Gasteiger partial charge in [-0.1, -0.05) is 30.3 Å². The van der Waals surface area contributed by atoms with Gasteiger partial charge in [0.05, 0.1) is 19.8 Å². The third-order valence-electron chi connectivity index (χ3n) is 4.72. The van der Waals surface area contributed by atoms with Crippen LogP contribution in [0.2, 0.25) is 0 Å². The van der Waals surface area contributed by atoms with E-state index in [0.717, 1.165) is 35.7 Å². The molecule has 1 amide bonds. The third kappa shape index (κ3) is 8.32. The smallest absolute Gasteiger partial charge is 0.243 e. The Morgan fingerprint density at radius 1 is 0.750 bits per heavy atom. The first-order chi connectivity index (χ1) is 15.7. The van der Waals surface area contributed by atoms with E-state index in [1.165, 1.54) is 5.56 Å². The summed E-state index contributed by atoms with van der Waals surface area (Å²) in [5.41, 5.74) is 2.89. The van der Waals surface area contributed by atoms with E-state index >= 15 is 0 Å². The Bertz CT molecular complexity index is 928. The molecule has 3 aromatic rings. The Kier molecular flexibility index (Phi) is 9.42. The van der Waals surface area contributed by atoms with Crippen molar-refractivity contribution in [3.63, 3.8) is 0 Å². The first kappa shape index (κ1) is 23.2. The van der Waals surface area contributed by atoms with Crippen LogP contribution in [0.5, 0.6) is 11.5 Å². The summed E-state index contributed by atoms with van der Waals surface area (Å²) in [6, 6.07) is 25.3. The molecule has 0 aliphatic heterocycles. The van der Waals surface area contributed by atoms with E-state index in [2.05, 4.69) is 34.9 Å². The summed E-state index contributed by atoms with van der Waals surface area (Å²) < 4.78 is 16.3. The monoisotopic (exact) mass is 434 g/mol. The molecule has 3 rings (SSSR count). The molecular weight excluding hydrogens is 404 g/mol. The van der Waals surface area contributed by atoms with Gasteiger partial charge in [-0.25, -0.2) is 0 Å². The molecule has 168 valence electrons. The van der Waals surface area contributed by atoms with Crippen LogP contribution in [0.4, 0.5) is 11.4 Å². The molecule has 0 radical (unpaired) electrons. The van der Waals surface area contributed by atoms with Crippen LogP contribution in [0.3, 0.4) is 0 Å². The molecule has 0 spiro atoms. The number of ether oxygens (including phenoxy) is 3. The predicted octanol–water partition coefficient (Wildman–Crippen LogP) is 4.77. The van der Waals surface area contributed by atoms with Crippen molar-refractivity contribution >= 4 is 17.3 Å². The number of carbonyl (C=O) groups is 1. The molecule has 0 heterocycles. The van der Waals surface area contributed by atoms with Crippen LogP contribution in [0, 0.1) is 0 Å². The first-order valence-electron chi connectivity index (χ1n) is 10.8. The summed E-state index contributed by atoms with van der Waals surface area (Å²) in [6.07, 6.45) is 1.94. The number of benzene rings is 3. The van der Waals surface area contributed by atoms with Gasteiger partial charge in [-0.15, -0.1) is 0 Å². The molecule has 2 N–H and O–H groups in total. The van der Waals surface area contributed by atoms with Crippen molar-refractivity contribution < 1.29 is 19.0 Å². The van der Waals surface area contributed by atoms with Crippen LogP contribution in [-0.2, 0) is 16.0 Å². The minimum absolute atomic E-state index is 0.123. The Labute approximate surface area is 189 Å². The molecule has 0 saturated carbocycles. The SMILES string of the molecule is COCCOc1ccc(NCC(=O)Nc2ccc(OCCCc3ccccc3)cc2)cc1. The van der Waals surface area contributed by atoms with Crippen LogP contribution in [0.1, 0.15) is 12.0 Å². The quantitative estimate of drug-likeness (QED) is 0.379. The predicted molar refractivity (Wildman–Crippen MR) is 128 cm³/mol. The maximum Gasteiger partial charge on any atom is 0.243 e. The number of carbonyl (C=O) groups excluding carboxylic acids is 1. The lowest BCUT2D eigenvalue weighted by molar-refractivity contribution is -0.114. The fraction of sp³-hybridized carbons (Fsp3) is 0.269. The molecule has 0 aliphatic carbocycles. The van der Waals surface area contributed by atoms with Crippen molar-refractivity contribution in [2.75, 3.05) is 44.1 Å². The molecule has 6 heteroatoms. The van der Waals surface area contributed by atoms with Crippen LogP contribution >= 0.6 is 0 Å². The maximum atomic E-state index is 12.2. The van der Waals surface area contributed by atoms with E-state index < -0.39 is 0 Å². The summed E-state index contributed by atoms with van der Waals surface area (Å²) in [7, 11) is 1.64. The first-order valence-corrected chi connectivity index (χ1v) is 10.8. The van der Waals surface area contributed by atoms with Gasteiger partial charge in [0.15, 0.2) is 0 Å². The number of nitrogens with one attached hydrogen (secondary N) is 2. The average molecular weight is 435 g/mol. The third-order valence-corrected chi connectivity index (χ3v) is 4.72. The van der Waals surface area contributed by atoms with Gasteiger partial charge in [-0.05, 0) is 66.9 Å². The normalized spacial score (nSPS) is 10.4. The Balaban J connectivity index is 1.34. The topological polar surface area (TPSA) is 68.8 Å². The maximum absolute atomic E-state index is 12.2. The highest BCUT2D eigenvalue weighted by Gasteiger charge is 2.04. The second-order valence-corrected chi connectivity index (χ2v) is 7.23. The lowest BCUT2D eigenvalue weighted by Crippen LogP contribution is -2.21. The zero-order valence-corrected chi connectivity index (χ0v) is 18.4. The highest BCUT2D eigenvalue weighted by Crippen LogP contribution is 2.17. The van der Waals surface area contributed by atoms with Gasteiger partial charge in [0.1, 0.15) is 18.1 Å². The van der Waals surface area contributed by atoms with Gasteiger partial charge in [0, 0.05) is 18.5 Å². The second-order valence-electron chi connectivity index (χ2n) is 7.23. The molecule has 32 heavy (non-hydrogen) atoms. The number of amides is 1. The minimum atomic E-state index is -0.123. The number of hydrogen-bond donors (Lipinski definition) is 2. The number of anilines is 2. The van der Waals surface area contributed by atoms with Gasteiger partial charge in [-0.3, -0.25) is 4.79 Å². The summed E-state index contributed by atoms with van der Waals surface area (Å²) in [5, 5.41) is 5.98. The molecule has 0 bridgehead atoms. The fourth-order valence-corrected chi connectivity index (χ4v) is 3.04. The average Bonchev–Trinajstić information content (AvgIpc) is 2.83. The zero-order valence-electron chi connectivity index (χ0n) is 18.4. The van der Waals surface area contributed by atoms with E-state index in [0.29, 0.717) is 19.8 Å². The van der Waals surface area contributed by atoms with Gasteiger partial charge in [-0.2, -0.15) is 0 Å². The lowest BCUT2D eigenvalue weighted by Gasteiger charge is -2.10. The van der Waals surface area contributed by atoms with Gasteiger partial charge in [0.25, 0.3) is 0 Å². The molecule has 0 unspecified atom stereocenters. The Hall–Kier alpha value is -3.51. The van der Waals surface area contributed by atoms with E-state index in [1.807, 2.05) is 54.6 Å². The largest absolute Gasteiger partial charge is 0.494 e. The highest BCUT2D eigenvalue weighted by molar-refractivity contribution is 5.93. The second kappa shape index (κ2) is 13.0. The molecule has 6 nitrogen and oxygen atoms in total. The number of methoxy groups -OCH3 is 1. The lowest BCUT2D eigenvalue weighted by atomic mass is 10.1. The highest BCUT2D eigenvalue weighted by atomic mass is 16.5. The van der Waals surface area contributed by atoms with Gasteiger partial charge >= 0.3 is 0 Å². The van der Waals surface area contributed by atoms with Crippen LogP contribution in [-0.4, -0.2) is 39.4 Å². The van der Waals surface area contributed by atoms with E-state index in [4.69, 9.17) is 14.2 Å². The summed E-state index contributed by atoms with van der Waals surface area (Å²) >= 11 is 0.